The van der Waals surface area contributed by atoms with Crippen molar-refractivity contribution in [1.82, 2.24) is 9.97 Å². The number of nitrogens with zero attached hydrogens (tertiary/aromatic N) is 3. The molecule has 0 aliphatic rings. The van der Waals surface area contributed by atoms with Gasteiger partial charge in [-0.2, -0.15) is 5.26 Å². The third-order valence-electron chi connectivity index (χ3n) is 3.79. The number of aryl methyl sites for hydroxylation is 2. The first-order valence-electron chi connectivity index (χ1n) is 8.04. The summed E-state index contributed by atoms with van der Waals surface area (Å²) in [6.45, 7) is 4.03. The number of carbonyl (C=O) groups excluding carboxylic acids is 1. The topological polar surface area (TPSA) is 90.7 Å². The van der Waals surface area contributed by atoms with Crippen molar-refractivity contribution in [1.29, 1.82) is 5.26 Å². The van der Waals surface area contributed by atoms with Crippen LogP contribution in [0.3, 0.4) is 0 Å². The molecule has 6 heteroatoms. The zero-order valence-corrected chi connectivity index (χ0v) is 14.4. The standard InChI is InChI=1S/C20H17N5O/c1-13-3-8-17(14(2)11-13)24-20-22-10-9-18(25-20)19(26)23-16-6-4-15(12-21)5-7-16/h3-11H,1-2H3,(H,23,26)(H,22,24,25). The SMILES string of the molecule is Cc1ccc(Nc2nccc(C(=O)Nc3ccc(C#N)cc3)n2)c(C)c1. The van der Waals surface area contributed by atoms with Crippen molar-refractivity contribution in [3.63, 3.8) is 0 Å². The largest absolute Gasteiger partial charge is 0.324 e. The van der Waals surface area contributed by atoms with E-state index in [0.29, 0.717) is 17.2 Å². The molecule has 2 N–H and O–H groups in total. The van der Waals surface area contributed by atoms with Crippen LogP contribution in [0.15, 0.2) is 54.7 Å². The average Bonchev–Trinajstić information content (AvgIpc) is 2.65. The van der Waals surface area contributed by atoms with Gasteiger partial charge in [0.25, 0.3) is 5.91 Å². The molecule has 128 valence electrons. The molecule has 0 atom stereocenters. The van der Waals surface area contributed by atoms with E-state index in [1.54, 1.807) is 30.3 Å². The lowest BCUT2D eigenvalue weighted by atomic mass is 10.1. The second kappa shape index (κ2) is 7.45. The van der Waals surface area contributed by atoms with Gasteiger partial charge in [-0.05, 0) is 55.8 Å². The summed E-state index contributed by atoms with van der Waals surface area (Å²) >= 11 is 0. The summed E-state index contributed by atoms with van der Waals surface area (Å²) in [4.78, 5) is 20.8. The highest BCUT2D eigenvalue weighted by Crippen LogP contribution is 2.19. The molecule has 26 heavy (non-hydrogen) atoms. The van der Waals surface area contributed by atoms with E-state index in [1.165, 1.54) is 11.8 Å². The number of rotatable bonds is 4. The molecule has 0 saturated heterocycles. The normalized spacial score (nSPS) is 10.0. The Kier molecular flexibility index (Phi) is 4.90. The van der Waals surface area contributed by atoms with Crippen molar-refractivity contribution in [2.75, 3.05) is 10.6 Å². The van der Waals surface area contributed by atoms with Gasteiger partial charge in [0.05, 0.1) is 11.6 Å². The molecular weight excluding hydrogens is 326 g/mol. The molecule has 0 radical (unpaired) electrons. The minimum atomic E-state index is -0.346. The highest BCUT2D eigenvalue weighted by atomic mass is 16.1. The molecule has 0 saturated carbocycles. The van der Waals surface area contributed by atoms with Crippen molar-refractivity contribution < 1.29 is 4.79 Å². The van der Waals surface area contributed by atoms with Gasteiger partial charge in [0.15, 0.2) is 0 Å². The number of aromatic nitrogens is 2. The summed E-state index contributed by atoms with van der Waals surface area (Å²) in [6.07, 6.45) is 1.53. The molecule has 1 aromatic heterocycles. The van der Waals surface area contributed by atoms with E-state index in [-0.39, 0.29) is 11.6 Å². The van der Waals surface area contributed by atoms with E-state index in [0.717, 1.165) is 11.3 Å². The molecule has 0 bridgehead atoms. The zero-order chi connectivity index (χ0) is 18.5. The van der Waals surface area contributed by atoms with Crippen molar-refractivity contribution in [3.8, 4) is 6.07 Å². The Balaban J connectivity index is 1.75. The summed E-state index contributed by atoms with van der Waals surface area (Å²) in [5.74, 6) is 0.00483. The second-order valence-electron chi connectivity index (χ2n) is 5.85. The maximum Gasteiger partial charge on any atom is 0.274 e. The first-order chi connectivity index (χ1) is 12.5. The molecule has 0 aliphatic carbocycles. The van der Waals surface area contributed by atoms with E-state index >= 15 is 0 Å². The minimum absolute atomic E-state index is 0.247. The van der Waals surface area contributed by atoms with Gasteiger partial charge in [-0.15, -0.1) is 0 Å². The maximum atomic E-state index is 12.4. The van der Waals surface area contributed by atoms with Crippen molar-refractivity contribution in [2.45, 2.75) is 13.8 Å². The predicted molar refractivity (Wildman–Crippen MR) is 100 cm³/mol. The van der Waals surface area contributed by atoms with Gasteiger partial charge >= 0.3 is 0 Å². The molecule has 0 aliphatic heterocycles. The molecule has 0 unspecified atom stereocenters. The third kappa shape index (κ3) is 4.02. The zero-order valence-electron chi connectivity index (χ0n) is 14.4. The summed E-state index contributed by atoms with van der Waals surface area (Å²) in [7, 11) is 0. The van der Waals surface area contributed by atoms with Gasteiger partial charge in [0, 0.05) is 17.6 Å². The Morgan fingerprint density at radius 1 is 1.08 bits per heavy atom. The van der Waals surface area contributed by atoms with Crippen LogP contribution >= 0.6 is 0 Å². The summed E-state index contributed by atoms with van der Waals surface area (Å²) in [5, 5.41) is 14.7. The number of amides is 1. The van der Waals surface area contributed by atoms with E-state index in [9.17, 15) is 4.79 Å². The molecule has 3 aromatic rings. The Morgan fingerprint density at radius 3 is 2.54 bits per heavy atom. The number of hydrogen-bond donors (Lipinski definition) is 2. The Bertz CT molecular complexity index is 990. The van der Waals surface area contributed by atoms with Gasteiger partial charge < -0.3 is 10.6 Å². The maximum absolute atomic E-state index is 12.4. The van der Waals surface area contributed by atoms with Crippen LogP contribution < -0.4 is 10.6 Å². The fourth-order valence-corrected chi connectivity index (χ4v) is 2.44. The van der Waals surface area contributed by atoms with Gasteiger partial charge in [-0.25, -0.2) is 9.97 Å². The van der Waals surface area contributed by atoms with Crippen LogP contribution in [0.2, 0.25) is 0 Å². The molecule has 6 nitrogen and oxygen atoms in total. The second-order valence-corrected chi connectivity index (χ2v) is 5.85. The predicted octanol–water partition coefficient (Wildman–Crippen LogP) is 3.96. The van der Waals surface area contributed by atoms with Gasteiger partial charge in [0.1, 0.15) is 5.69 Å². The van der Waals surface area contributed by atoms with Crippen molar-refractivity contribution in [2.24, 2.45) is 0 Å². The van der Waals surface area contributed by atoms with Crippen LogP contribution in [0.4, 0.5) is 17.3 Å². The molecule has 0 fully saturated rings. The van der Waals surface area contributed by atoms with E-state index < -0.39 is 0 Å². The van der Waals surface area contributed by atoms with E-state index in [2.05, 4.69) is 26.7 Å². The molecule has 2 aromatic carbocycles. The number of nitrogens with one attached hydrogen (secondary N) is 2. The highest BCUT2D eigenvalue weighted by Gasteiger charge is 2.10. The highest BCUT2D eigenvalue weighted by molar-refractivity contribution is 6.03. The molecule has 1 amide bonds. The Hall–Kier alpha value is -3.72. The Morgan fingerprint density at radius 2 is 1.85 bits per heavy atom. The van der Waals surface area contributed by atoms with Crippen LogP contribution in [-0.2, 0) is 0 Å². The number of anilines is 3. The van der Waals surface area contributed by atoms with Crippen LogP contribution in [0.25, 0.3) is 0 Å². The fourth-order valence-electron chi connectivity index (χ4n) is 2.44. The molecular formula is C20H17N5O. The fraction of sp³-hybridized carbons (Fsp3) is 0.100. The first-order valence-corrected chi connectivity index (χ1v) is 8.04. The van der Waals surface area contributed by atoms with Crippen LogP contribution in [0.1, 0.15) is 27.2 Å². The quantitative estimate of drug-likeness (QED) is 0.748. The van der Waals surface area contributed by atoms with Crippen molar-refractivity contribution in [3.05, 3.63) is 77.1 Å². The van der Waals surface area contributed by atoms with Gasteiger partial charge in [0.2, 0.25) is 5.95 Å². The summed E-state index contributed by atoms with van der Waals surface area (Å²) in [6, 6.07) is 16.2. The monoisotopic (exact) mass is 343 g/mol. The van der Waals surface area contributed by atoms with Crippen molar-refractivity contribution >= 4 is 23.2 Å². The first kappa shape index (κ1) is 17.1. The summed E-state index contributed by atoms with van der Waals surface area (Å²) in [5.41, 5.74) is 4.50. The van der Waals surface area contributed by atoms with Crippen LogP contribution in [0.5, 0.6) is 0 Å². The number of nitriles is 1. The number of carbonyl (C=O) groups is 1. The van der Waals surface area contributed by atoms with Crippen LogP contribution in [-0.4, -0.2) is 15.9 Å². The minimum Gasteiger partial charge on any atom is -0.324 e. The molecule has 1 heterocycles. The van der Waals surface area contributed by atoms with Crippen LogP contribution in [0, 0.1) is 25.2 Å². The van der Waals surface area contributed by atoms with Gasteiger partial charge in [-0.1, -0.05) is 17.7 Å². The summed E-state index contributed by atoms with van der Waals surface area (Å²) < 4.78 is 0. The number of hydrogen-bond acceptors (Lipinski definition) is 5. The lowest BCUT2D eigenvalue weighted by Gasteiger charge is -2.10. The third-order valence-corrected chi connectivity index (χ3v) is 3.79. The van der Waals surface area contributed by atoms with Gasteiger partial charge in [-0.3, -0.25) is 4.79 Å². The number of benzene rings is 2. The van der Waals surface area contributed by atoms with E-state index in [1.807, 2.05) is 32.0 Å². The lowest BCUT2D eigenvalue weighted by molar-refractivity contribution is 0.102. The molecule has 0 spiro atoms. The Labute approximate surface area is 151 Å². The van der Waals surface area contributed by atoms with E-state index in [4.69, 9.17) is 5.26 Å². The average molecular weight is 343 g/mol. The lowest BCUT2D eigenvalue weighted by Crippen LogP contribution is -2.14. The smallest absolute Gasteiger partial charge is 0.274 e. The molecule has 3 rings (SSSR count).